The van der Waals surface area contributed by atoms with E-state index in [1.165, 1.54) is 24.2 Å². The van der Waals surface area contributed by atoms with Gasteiger partial charge in [-0.2, -0.15) is 0 Å². The molecule has 1 heterocycles. The van der Waals surface area contributed by atoms with E-state index in [4.69, 9.17) is 5.73 Å². The number of rotatable bonds is 3. The maximum atomic E-state index is 11.1. The van der Waals surface area contributed by atoms with Crippen LogP contribution in [-0.4, -0.2) is 17.3 Å². The molecule has 1 aliphatic carbocycles. The topological polar surface area (TPSA) is 56.0 Å². The minimum atomic E-state index is -0.000556. The van der Waals surface area contributed by atoms with E-state index in [2.05, 4.69) is 4.98 Å². The Bertz CT molecular complexity index is 304. The van der Waals surface area contributed by atoms with Crippen molar-refractivity contribution in [1.29, 1.82) is 0 Å². The minimum absolute atomic E-state index is 0.000556. The average molecular weight is 182 g/mol. The third-order valence-electron chi connectivity index (χ3n) is 1.91. The van der Waals surface area contributed by atoms with Gasteiger partial charge in [-0.15, -0.1) is 11.3 Å². The summed E-state index contributed by atoms with van der Waals surface area (Å²) < 4.78 is 0. The van der Waals surface area contributed by atoms with Crippen LogP contribution >= 0.6 is 11.3 Å². The molecule has 0 spiro atoms. The van der Waals surface area contributed by atoms with Crippen LogP contribution in [0.5, 0.6) is 0 Å². The summed E-state index contributed by atoms with van der Waals surface area (Å²) >= 11 is 1.50. The van der Waals surface area contributed by atoms with Gasteiger partial charge in [-0.05, 0) is 12.8 Å². The lowest BCUT2D eigenvalue weighted by Crippen LogP contribution is -2.11. The summed E-state index contributed by atoms with van der Waals surface area (Å²) in [5, 5.41) is 1.10. The van der Waals surface area contributed by atoms with Gasteiger partial charge in [-0.3, -0.25) is 4.79 Å². The van der Waals surface area contributed by atoms with Crippen LogP contribution in [0, 0.1) is 0 Å². The Hall–Kier alpha value is -0.740. The molecule has 1 aliphatic rings. The molecule has 12 heavy (non-hydrogen) atoms. The molecule has 0 radical (unpaired) electrons. The molecule has 1 aromatic rings. The first kappa shape index (κ1) is 7.89. The second kappa shape index (κ2) is 2.95. The van der Waals surface area contributed by atoms with E-state index in [1.807, 2.05) is 0 Å². The Kier molecular flexibility index (Phi) is 1.94. The van der Waals surface area contributed by atoms with Crippen LogP contribution in [0.1, 0.15) is 33.4 Å². The zero-order chi connectivity index (χ0) is 8.55. The Morgan fingerprint density at radius 3 is 3.08 bits per heavy atom. The quantitative estimate of drug-likeness (QED) is 0.714. The monoisotopic (exact) mass is 182 g/mol. The van der Waals surface area contributed by atoms with Crippen molar-refractivity contribution in [1.82, 2.24) is 4.98 Å². The molecule has 1 saturated carbocycles. The van der Waals surface area contributed by atoms with E-state index in [9.17, 15) is 4.79 Å². The molecule has 1 fully saturated rings. The third kappa shape index (κ3) is 1.40. The van der Waals surface area contributed by atoms with Crippen LogP contribution in [0.15, 0.2) is 6.20 Å². The van der Waals surface area contributed by atoms with Gasteiger partial charge in [-0.25, -0.2) is 4.98 Å². The number of thiazole rings is 1. The number of hydrogen-bond donors (Lipinski definition) is 1. The van der Waals surface area contributed by atoms with E-state index in [1.54, 1.807) is 6.20 Å². The molecule has 0 aliphatic heterocycles. The lowest BCUT2D eigenvalue weighted by Gasteiger charge is -1.87. The molecular formula is C8H10N2OS. The van der Waals surface area contributed by atoms with E-state index in [-0.39, 0.29) is 12.3 Å². The first-order valence-corrected chi connectivity index (χ1v) is 4.82. The van der Waals surface area contributed by atoms with Crippen LogP contribution in [0.25, 0.3) is 0 Å². The standard InChI is InChI=1S/C8H10N2OS/c9-3-6(11)7-4-10-8(12-7)5-1-2-5/h4-5H,1-3,9H2. The highest BCUT2D eigenvalue weighted by Gasteiger charge is 2.27. The lowest BCUT2D eigenvalue weighted by atomic mass is 10.3. The number of ketones is 1. The van der Waals surface area contributed by atoms with Gasteiger partial charge in [0.2, 0.25) is 0 Å². The Labute approximate surface area is 74.6 Å². The second-order valence-electron chi connectivity index (χ2n) is 2.96. The normalized spacial score (nSPS) is 16.4. The smallest absolute Gasteiger partial charge is 0.187 e. The first-order valence-electron chi connectivity index (χ1n) is 4.00. The molecule has 0 atom stereocenters. The molecule has 0 aromatic carbocycles. The van der Waals surface area contributed by atoms with Crippen molar-refractivity contribution in [3.05, 3.63) is 16.1 Å². The largest absolute Gasteiger partial charge is 0.324 e. The zero-order valence-corrected chi connectivity index (χ0v) is 7.43. The molecule has 2 rings (SSSR count). The molecule has 4 heteroatoms. The van der Waals surface area contributed by atoms with Crippen LogP contribution < -0.4 is 5.73 Å². The van der Waals surface area contributed by atoms with Crippen molar-refractivity contribution >= 4 is 17.1 Å². The molecule has 0 amide bonds. The summed E-state index contributed by atoms with van der Waals surface area (Å²) in [5.74, 6) is 0.633. The molecule has 3 nitrogen and oxygen atoms in total. The van der Waals surface area contributed by atoms with Gasteiger partial charge in [0.15, 0.2) is 5.78 Å². The number of carbonyl (C=O) groups excluding carboxylic acids is 1. The zero-order valence-electron chi connectivity index (χ0n) is 6.62. The fourth-order valence-corrected chi connectivity index (χ4v) is 2.07. The van der Waals surface area contributed by atoms with Crippen LogP contribution in [-0.2, 0) is 0 Å². The lowest BCUT2D eigenvalue weighted by molar-refractivity contribution is 0.100. The van der Waals surface area contributed by atoms with E-state index < -0.39 is 0 Å². The fraction of sp³-hybridized carbons (Fsp3) is 0.500. The summed E-state index contributed by atoms with van der Waals surface area (Å²) in [6.45, 7) is 0.0896. The van der Waals surface area contributed by atoms with Crippen molar-refractivity contribution in [2.24, 2.45) is 5.73 Å². The summed E-state index contributed by atoms with van der Waals surface area (Å²) in [5.41, 5.74) is 5.23. The Balaban J connectivity index is 2.17. The van der Waals surface area contributed by atoms with Crippen molar-refractivity contribution in [3.63, 3.8) is 0 Å². The SMILES string of the molecule is NCC(=O)c1cnc(C2CC2)s1. The molecule has 0 bridgehead atoms. The average Bonchev–Trinajstić information content (AvgIpc) is 2.83. The molecule has 2 N–H and O–H groups in total. The van der Waals surface area contributed by atoms with Crippen molar-refractivity contribution in [2.75, 3.05) is 6.54 Å². The Morgan fingerprint density at radius 2 is 2.50 bits per heavy atom. The second-order valence-corrected chi connectivity index (χ2v) is 4.03. The number of carbonyl (C=O) groups is 1. The van der Waals surface area contributed by atoms with Gasteiger partial charge in [0.05, 0.1) is 16.4 Å². The number of hydrogen-bond acceptors (Lipinski definition) is 4. The van der Waals surface area contributed by atoms with Gasteiger partial charge in [0, 0.05) is 12.1 Å². The molecule has 0 saturated heterocycles. The van der Waals surface area contributed by atoms with Gasteiger partial charge in [0.1, 0.15) is 0 Å². The van der Waals surface area contributed by atoms with E-state index in [0.717, 1.165) is 5.01 Å². The highest BCUT2D eigenvalue weighted by molar-refractivity contribution is 7.13. The van der Waals surface area contributed by atoms with Gasteiger partial charge in [0.25, 0.3) is 0 Å². The van der Waals surface area contributed by atoms with Crippen LogP contribution in [0.3, 0.4) is 0 Å². The summed E-state index contributed by atoms with van der Waals surface area (Å²) in [4.78, 5) is 16.0. The van der Waals surface area contributed by atoms with Gasteiger partial charge >= 0.3 is 0 Å². The number of Topliss-reactive ketones (excluding diaryl/α,β-unsaturated/α-hetero) is 1. The highest BCUT2D eigenvalue weighted by atomic mass is 32.1. The predicted molar refractivity (Wildman–Crippen MR) is 47.5 cm³/mol. The van der Waals surface area contributed by atoms with E-state index >= 15 is 0 Å². The number of aromatic nitrogens is 1. The maximum Gasteiger partial charge on any atom is 0.187 e. The van der Waals surface area contributed by atoms with Crippen LogP contribution in [0.2, 0.25) is 0 Å². The maximum absolute atomic E-state index is 11.1. The number of nitrogens with zero attached hydrogens (tertiary/aromatic N) is 1. The summed E-state index contributed by atoms with van der Waals surface area (Å²) in [6, 6.07) is 0. The van der Waals surface area contributed by atoms with Gasteiger partial charge < -0.3 is 5.73 Å². The van der Waals surface area contributed by atoms with Crippen LogP contribution in [0.4, 0.5) is 0 Å². The third-order valence-corrected chi connectivity index (χ3v) is 3.11. The minimum Gasteiger partial charge on any atom is -0.324 e. The molecular weight excluding hydrogens is 172 g/mol. The highest BCUT2D eigenvalue weighted by Crippen LogP contribution is 2.41. The van der Waals surface area contributed by atoms with E-state index in [0.29, 0.717) is 10.8 Å². The van der Waals surface area contributed by atoms with Crippen molar-refractivity contribution < 1.29 is 4.79 Å². The Morgan fingerprint density at radius 1 is 1.75 bits per heavy atom. The molecule has 0 unspecified atom stereocenters. The van der Waals surface area contributed by atoms with Crippen molar-refractivity contribution in [3.8, 4) is 0 Å². The first-order chi connectivity index (χ1) is 5.81. The molecule has 64 valence electrons. The molecule has 1 aromatic heterocycles. The number of nitrogens with two attached hydrogens (primary N) is 1. The van der Waals surface area contributed by atoms with Crippen molar-refractivity contribution in [2.45, 2.75) is 18.8 Å². The predicted octanol–water partition coefficient (Wildman–Crippen LogP) is 1.16. The van der Waals surface area contributed by atoms with Gasteiger partial charge in [-0.1, -0.05) is 0 Å². The fourth-order valence-electron chi connectivity index (χ4n) is 1.04. The summed E-state index contributed by atoms with van der Waals surface area (Å²) in [7, 11) is 0. The summed E-state index contributed by atoms with van der Waals surface area (Å²) in [6.07, 6.45) is 4.10.